The number of carbonyl (C=O) groups is 2. The van der Waals surface area contributed by atoms with E-state index in [9.17, 15) is 9.59 Å². The summed E-state index contributed by atoms with van der Waals surface area (Å²) in [5.74, 6) is 0.529. The molecule has 7 nitrogen and oxygen atoms in total. The van der Waals surface area contributed by atoms with E-state index < -0.39 is 0 Å². The van der Waals surface area contributed by atoms with Crippen LogP contribution >= 0.6 is 15.9 Å². The third-order valence-electron chi connectivity index (χ3n) is 7.73. The SMILES string of the molecule is CCOCCCN(CC(=O)N(Cc1cccn1Cc1ccc(Br)cc1)C1CCCCC1)C(=O)c1ccc(OC)cc1. The minimum Gasteiger partial charge on any atom is -0.497 e. The predicted octanol–water partition coefficient (Wildman–Crippen LogP) is 6.54. The second-order valence-electron chi connectivity index (χ2n) is 10.6. The van der Waals surface area contributed by atoms with Crippen LogP contribution in [0.5, 0.6) is 5.75 Å². The minimum atomic E-state index is -0.153. The van der Waals surface area contributed by atoms with Crippen LogP contribution in [0.2, 0.25) is 0 Å². The third kappa shape index (κ3) is 8.94. The number of rotatable bonds is 14. The van der Waals surface area contributed by atoms with Gasteiger partial charge in [-0.3, -0.25) is 9.59 Å². The second kappa shape index (κ2) is 15.8. The summed E-state index contributed by atoms with van der Waals surface area (Å²) in [7, 11) is 1.60. The topological polar surface area (TPSA) is 64.0 Å². The molecule has 2 aromatic carbocycles. The van der Waals surface area contributed by atoms with Crippen molar-refractivity contribution in [2.45, 2.75) is 64.6 Å². The number of amides is 2. The maximum absolute atomic E-state index is 14.1. The molecule has 1 fully saturated rings. The van der Waals surface area contributed by atoms with Gasteiger partial charge in [0.15, 0.2) is 0 Å². The summed E-state index contributed by atoms with van der Waals surface area (Å²) < 4.78 is 14.1. The molecule has 0 N–H and O–H groups in total. The molecule has 220 valence electrons. The number of carbonyl (C=O) groups excluding carboxylic acids is 2. The van der Waals surface area contributed by atoms with Crippen molar-refractivity contribution in [2.75, 3.05) is 33.4 Å². The number of benzene rings is 2. The first-order chi connectivity index (χ1) is 20.0. The highest BCUT2D eigenvalue weighted by Crippen LogP contribution is 2.25. The van der Waals surface area contributed by atoms with Crippen molar-refractivity contribution in [1.82, 2.24) is 14.4 Å². The Bertz CT molecular complexity index is 1240. The first kappa shape index (κ1) is 30.8. The van der Waals surface area contributed by atoms with Gasteiger partial charge in [0.2, 0.25) is 5.91 Å². The fourth-order valence-electron chi connectivity index (χ4n) is 5.45. The first-order valence-electron chi connectivity index (χ1n) is 14.7. The summed E-state index contributed by atoms with van der Waals surface area (Å²) in [4.78, 5) is 31.4. The third-order valence-corrected chi connectivity index (χ3v) is 8.26. The Morgan fingerprint density at radius 3 is 2.41 bits per heavy atom. The first-order valence-corrected chi connectivity index (χ1v) is 15.5. The molecule has 0 radical (unpaired) electrons. The molecule has 4 rings (SSSR count). The summed E-state index contributed by atoms with van der Waals surface area (Å²) in [6, 6.07) is 19.7. The van der Waals surface area contributed by atoms with Gasteiger partial charge in [0, 0.05) is 54.3 Å². The number of nitrogens with zero attached hydrogens (tertiary/aromatic N) is 3. The number of halogens is 1. The van der Waals surface area contributed by atoms with E-state index in [1.54, 1.807) is 36.3 Å². The van der Waals surface area contributed by atoms with Crippen LogP contribution in [0.4, 0.5) is 0 Å². The summed E-state index contributed by atoms with van der Waals surface area (Å²) in [6.45, 7) is 4.89. The number of aromatic nitrogens is 1. The van der Waals surface area contributed by atoms with Crippen LogP contribution in [0.1, 0.15) is 67.1 Å². The maximum Gasteiger partial charge on any atom is 0.254 e. The Labute approximate surface area is 252 Å². The van der Waals surface area contributed by atoms with E-state index in [1.165, 1.54) is 12.0 Å². The lowest BCUT2D eigenvalue weighted by Gasteiger charge is -2.36. The summed E-state index contributed by atoms with van der Waals surface area (Å²) in [5, 5.41) is 0. The van der Waals surface area contributed by atoms with Crippen LogP contribution in [0.3, 0.4) is 0 Å². The lowest BCUT2D eigenvalue weighted by atomic mass is 9.94. The van der Waals surface area contributed by atoms with E-state index in [0.717, 1.165) is 42.4 Å². The highest BCUT2D eigenvalue weighted by molar-refractivity contribution is 9.10. The van der Waals surface area contributed by atoms with Crippen LogP contribution in [0.15, 0.2) is 71.3 Å². The summed E-state index contributed by atoms with van der Waals surface area (Å²) in [6.07, 6.45) is 8.19. The van der Waals surface area contributed by atoms with Gasteiger partial charge in [0.25, 0.3) is 5.91 Å². The maximum atomic E-state index is 14.1. The lowest BCUT2D eigenvalue weighted by Crippen LogP contribution is -2.48. The monoisotopic (exact) mass is 623 g/mol. The van der Waals surface area contributed by atoms with E-state index in [-0.39, 0.29) is 24.4 Å². The van der Waals surface area contributed by atoms with Crippen molar-refractivity contribution < 1.29 is 19.1 Å². The van der Waals surface area contributed by atoms with Crippen LogP contribution in [0.25, 0.3) is 0 Å². The van der Waals surface area contributed by atoms with Gasteiger partial charge in [-0.1, -0.05) is 47.3 Å². The molecule has 0 bridgehead atoms. The van der Waals surface area contributed by atoms with E-state index in [0.29, 0.717) is 44.0 Å². The Balaban J connectivity index is 1.53. The van der Waals surface area contributed by atoms with Crippen molar-refractivity contribution in [3.63, 3.8) is 0 Å². The largest absolute Gasteiger partial charge is 0.497 e. The van der Waals surface area contributed by atoms with Crippen LogP contribution in [0, 0.1) is 0 Å². The summed E-state index contributed by atoms with van der Waals surface area (Å²) in [5.41, 5.74) is 2.84. The van der Waals surface area contributed by atoms with E-state index >= 15 is 0 Å². The van der Waals surface area contributed by atoms with Crippen LogP contribution in [-0.4, -0.2) is 65.6 Å². The molecule has 1 aliphatic carbocycles. The van der Waals surface area contributed by atoms with Crippen molar-refractivity contribution in [3.8, 4) is 5.75 Å². The fraction of sp³-hybridized carbons (Fsp3) is 0.455. The Morgan fingerprint density at radius 1 is 1.00 bits per heavy atom. The molecule has 3 aromatic rings. The van der Waals surface area contributed by atoms with Crippen molar-refractivity contribution in [1.29, 1.82) is 0 Å². The molecule has 0 spiro atoms. The standard InChI is InChI=1S/C33H42BrN3O4/c1-3-41-22-8-21-36(33(39)27-14-18-31(40-2)19-15-27)25-32(38)37(29-9-5-4-6-10-29)24-30-11-7-20-35(30)23-26-12-16-28(34)17-13-26/h7,11-20,29H,3-6,8-10,21-25H2,1-2H3. The van der Waals surface area contributed by atoms with Crippen molar-refractivity contribution in [3.05, 3.63) is 88.2 Å². The number of methoxy groups -OCH3 is 1. The predicted molar refractivity (Wildman–Crippen MR) is 165 cm³/mol. The smallest absolute Gasteiger partial charge is 0.254 e. The number of hydrogen-bond donors (Lipinski definition) is 0. The number of hydrogen-bond acceptors (Lipinski definition) is 4. The molecule has 0 unspecified atom stereocenters. The molecular weight excluding hydrogens is 582 g/mol. The van der Waals surface area contributed by atoms with Gasteiger partial charge >= 0.3 is 0 Å². The van der Waals surface area contributed by atoms with E-state index in [2.05, 4.69) is 57.0 Å². The fourth-order valence-corrected chi connectivity index (χ4v) is 5.71. The van der Waals surface area contributed by atoms with Gasteiger partial charge < -0.3 is 23.8 Å². The van der Waals surface area contributed by atoms with E-state index in [4.69, 9.17) is 9.47 Å². The lowest BCUT2D eigenvalue weighted by molar-refractivity contribution is -0.135. The minimum absolute atomic E-state index is 0.00781. The van der Waals surface area contributed by atoms with Gasteiger partial charge in [0.1, 0.15) is 12.3 Å². The summed E-state index contributed by atoms with van der Waals surface area (Å²) >= 11 is 3.51. The molecule has 8 heteroatoms. The second-order valence-corrected chi connectivity index (χ2v) is 11.5. The Kier molecular flexibility index (Phi) is 11.9. The van der Waals surface area contributed by atoms with Crippen molar-refractivity contribution in [2.24, 2.45) is 0 Å². The van der Waals surface area contributed by atoms with Crippen molar-refractivity contribution >= 4 is 27.7 Å². The molecule has 0 atom stereocenters. The highest BCUT2D eigenvalue weighted by Gasteiger charge is 2.29. The Morgan fingerprint density at radius 2 is 1.73 bits per heavy atom. The van der Waals surface area contributed by atoms with Crippen LogP contribution in [-0.2, 0) is 22.6 Å². The van der Waals surface area contributed by atoms with Gasteiger partial charge in [0.05, 0.1) is 13.7 Å². The van der Waals surface area contributed by atoms with Gasteiger partial charge in [-0.25, -0.2) is 0 Å². The van der Waals surface area contributed by atoms with Crippen LogP contribution < -0.4 is 4.74 Å². The molecule has 0 saturated heterocycles. The normalized spacial score (nSPS) is 13.6. The molecular formula is C33H42BrN3O4. The zero-order valence-corrected chi connectivity index (χ0v) is 25.9. The zero-order valence-electron chi connectivity index (χ0n) is 24.3. The molecule has 1 saturated carbocycles. The quantitative estimate of drug-likeness (QED) is 0.191. The molecule has 2 amide bonds. The zero-order chi connectivity index (χ0) is 29.0. The molecule has 1 aliphatic rings. The molecule has 1 aromatic heterocycles. The highest BCUT2D eigenvalue weighted by atomic mass is 79.9. The molecule has 41 heavy (non-hydrogen) atoms. The average Bonchev–Trinajstić information content (AvgIpc) is 3.45. The van der Waals surface area contributed by atoms with Gasteiger partial charge in [-0.05, 0) is 80.3 Å². The molecule has 1 heterocycles. The van der Waals surface area contributed by atoms with Gasteiger partial charge in [-0.15, -0.1) is 0 Å². The Hall–Kier alpha value is -3.10. The average molecular weight is 625 g/mol. The number of ether oxygens (including phenoxy) is 2. The molecule has 0 aliphatic heterocycles. The van der Waals surface area contributed by atoms with Gasteiger partial charge in [-0.2, -0.15) is 0 Å². The van der Waals surface area contributed by atoms with E-state index in [1.807, 2.05) is 17.9 Å².